The lowest BCUT2D eigenvalue weighted by Gasteiger charge is -2.17. The number of ether oxygens (including phenoxy) is 2. The van der Waals surface area contributed by atoms with Crippen LogP contribution in [0.4, 0.5) is 16.6 Å². The highest BCUT2D eigenvalue weighted by Gasteiger charge is 2.30. The maximum absolute atomic E-state index is 12.0. The van der Waals surface area contributed by atoms with Crippen molar-refractivity contribution < 1.29 is 19.4 Å². The van der Waals surface area contributed by atoms with Gasteiger partial charge in [-0.2, -0.15) is 0 Å². The van der Waals surface area contributed by atoms with Crippen molar-refractivity contribution in [3.05, 3.63) is 102 Å². The molecule has 1 aliphatic heterocycles. The molecule has 0 unspecified atom stereocenters. The predicted octanol–water partition coefficient (Wildman–Crippen LogP) is 5.61. The van der Waals surface area contributed by atoms with E-state index in [-0.39, 0.29) is 31.6 Å². The number of nitrogens with one attached hydrogen (secondary N) is 2. The third-order valence-corrected chi connectivity index (χ3v) is 8.12. The van der Waals surface area contributed by atoms with Gasteiger partial charge in [0.25, 0.3) is 0 Å². The Labute approximate surface area is 267 Å². The molecule has 0 bridgehead atoms. The number of imidazole rings is 1. The maximum Gasteiger partial charge on any atom is 0.407 e. The van der Waals surface area contributed by atoms with Crippen LogP contribution in [-0.2, 0) is 29.0 Å². The number of hydrogen-bond acceptors (Lipinski definition) is 9. The van der Waals surface area contributed by atoms with Crippen molar-refractivity contribution in [2.24, 2.45) is 0 Å². The minimum Gasteiger partial charge on any atom is -0.445 e. The second kappa shape index (κ2) is 14.9. The van der Waals surface area contributed by atoms with Crippen LogP contribution in [0.1, 0.15) is 48.6 Å². The van der Waals surface area contributed by atoms with Crippen LogP contribution in [0.15, 0.2) is 85.2 Å². The van der Waals surface area contributed by atoms with E-state index in [9.17, 15) is 9.90 Å². The molecule has 46 heavy (non-hydrogen) atoms. The molecule has 2 aromatic heterocycles. The predicted molar refractivity (Wildman–Crippen MR) is 177 cm³/mol. The van der Waals surface area contributed by atoms with Crippen LogP contribution in [0.2, 0.25) is 0 Å². The molecule has 1 amide bonds. The summed E-state index contributed by atoms with van der Waals surface area (Å²) in [7, 11) is 0. The van der Waals surface area contributed by atoms with Crippen molar-refractivity contribution in [2.45, 2.75) is 57.6 Å². The molecule has 0 radical (unpaired) electrons. The van der Waals surface area contributed by atoms with Gasteiger partial charge in [0.05, 0.1) is 12.7 Å². The number of aromatic nitrogens is 4. The first kappa shape index (κ1) is 31.0. The van der Waals surface area contributed by atoms with E-state index in [4.69, 9.17) is 20.2 Å². The molecule has 1 fully saturated rings. The number of aliphatic hydroxyl groups is 1. The van der Waals surface area contributed by atoms with Gasteiger partial charge in [0, 0.05) is 13.1 Å². The molecule has 11 heteroatoms. The van der Waals surface area contributed by atoms with Crippen molar-refractivity contribution in [3.8, 4) is 11.1 Å². The first-order valence-electron chi connectivity index (χ1n) is 15.7. The fourth-order valence-corrected chi connectivity index (χ4v) is 5.66. The number of nitrogens with zero attached hydrogens (tertiary/aromatic N) is 4. The van der Waals surface area contributed by atoms with Gasteiger partial charge in [-0.3, -0.25) is 4.57 Å². The largest absolute Gasteiger partial charge is 0.445 e. The van der Waals surface area contributed by atoms with Crippen molar-refractivity contribution in [3.63, 3.8) is 0 Å². The van der Waals surface area contributed by atoms with Crippen molar-refractivity contribution in [1.29, 1.82) is 0 Å². The molecule has 2 atom stereocenters. The van der Waals surface area contributed by atoms with Crippen LogP contribution >= 0.6 is 0 Å². The number of nitrogens with two attached hydrogens (primary N) is 1. The number of hydrogen-bond donors (Lipinski definition) is 4. The van der Waals surface area contributed by atoms with E-state index in [1.807, 2.05) is 34.9 Å². The summed E-state index contributed by atoms with van der Waals surface area (Å²) in [6.45, 7) is 1.37. The summed E-state index contributed by atoms with van der Waals surface area (Å²) in [5.74, 6) is 0.910. The average molecular weight is 622 g/mol. The standard InChI is InChI=1S/C35H39N7O4/c36-32-31-33(40-23-39-32)42(30-17-16-29(21-43)46-30)34(41-31)38-20-25-12-14-27(15-13-25)28-11-6-10-24(19-28)7-4-5-18-37-35(44)45-22-26-8-2-1-3-9-26/h1-3,6,8-15,19,23,29-30,43H,4-5,7,16-18,20-22H2,(H,37,44)(H,38,41)(H2,36,39,40)/t29-,30+/m0/s1. The van der Waals surface area contributed by atoms with E-state index < -0.39 is 0 Å². The lowest BCUT2D eigenvalue weighted by Crippen LogP contribution is -2.25. The van der Waals surface area contributed by atoms with Gasteiger partial charge in [-0.1, -0.05) is 78.9 Å². The number of anilines is 2. The number of carbonyl (C=O) groups excluding carboxylic acids is 1. The highest BCUT2D eigenvalue weighted by Crippen LogP contribution is 2.34. The van der Waals surface area contributed by atoms with Crippen molar-refractivity contribution in [1.82, 2.24) is 24.8 Å². The summed E-state index contributed by atoms with van der Waals surface area (Å²) in [5, 5.41) is 15.8. The Kier molecular flexibility index (Phi) is 10.0. The SMILES string of the molecule is Nc1ncnc2c1nc(NCc1ccc(-c3cccc(CCCCNC(=O)OCc4ccccc4)c3)cc1)n2[C@H]1CC[C@@H](CO)O1. The van der Waals surface area contributed by atoms with E-state index in [1.165, 1.54) is 11.9 Å². The molecule has 5 aromatic rings. The number of nitrogen functional groups attached to an aromatic ring is 1. The van der Waals surface area contributed by atoms with Gasteiger partial charge in [0.15, 0.2) is 17.0 Å². The fourth-order valence-electron chi connectivity index (χ4n) is 5.66. The Bertz CT molecular complexity index is 1740. The van der Waals surface area contributed by atoms with Crippen molar-refractivity contribution in [2.75, 3.05) is 24.2 Å². The normalized spacial score (nSPS) is 16.0. The topological polar surface area (TPSA) is 149 Å². The second-order valence-electron chi connectivity index (χ2n) is 11.4. The van der Waals surface area contributed by atoms with Crippen LogP contribution in [0.5, 0.6) is 0 Å². The van der Waals surface area contributed by atoms with Crippen LogP contribution in [0.25, 0.3) is 22.3 Å². The highest BCUT2D eigenvalue weighted by atomic mass is 16.5. The molecule has 0 spiro atoms. The third kappa shape index (κ3) is 7.61. The lowest BCUT2D eigenvalue weighted by molar-refractivity contribution is -0.0197. The monoisotopic (exact) mass is 621 g/mol. The Morgan fingerprint density at radius 1 is 0.957 bits per heavy atom. The number of benzene rings is 3. The Morgan fingerprint density at radius 3 is 2.59 bits per heavy atom. The molecule has 5 N–H and O–H groups in total. The summed E-state index contributed by atoms with van der Waals surface area (Å²) in [6.07, 6.45) is 4.78. The van der Waals surface area contributed by atoms with Gasteiger partial charge in [0.1, 0.15) is 19.2 Å². The van der Waals surface area contributed by atoms with Gasteiger partial charge < -0.3 is 30.9 Å². The average Bonchev–Trinajstić information content (AvgIpc) is 3.72. The number of unbranched alkanes of at least 4 members (excludes halogenated alkanes) is 1. The van der Waals surface area contributed by atoms with Gasteiger partial charge in [-0.05, 0) is 59.9 Å². The van der Waals surface area contributed by atoms with E-state index >= 15 is 0 Å². The van der Waals surface area contributed by atoms with E-state index in [0.717, 1.165) is 54.4 Å². The lowest BCUT2D eigenvalue weighted by atomic mass is 9.99. The summed E-state index contributed by atoms with van der Waals surface area (Å²) < 4.78 is 13.2. The molecule has 3 aromatic carbocycles. The number of aryl methyl sites for hydroxylation is 1. The molecule has 1 aliphatic rings. The molecule has 0 saturated carbocycles. The number of carbonyl (C=O) groups is 1. The summed E-state index contributed by atoms with van der Waals surface area (Å²) in [6, 6.07) is 26.7. The molecule has 238 valence electrons. The summed E-state index contributed by atoms with van der Waals surface area (Å²) >= 11 is 0. The van der Waals surface area contributed by atoms with Crippen LogP contribution in [0.3, 0.4) is 0 Å². The third-order valence-electron chi connectivity index (χ3n) is 8.12. The molecular formula is C35H39N7O4. The van der Waals surface area contributed by atoms with Gasteiger partial charge >= 0.3 is 6.09 Å². The molecule has 1 saturated heterocycles. The Hall–Kier alpha value is -5.00. The highest BCUT2D eigenvalue weighted by molar-refractivity contribution is 5.84. The number of aliphatic hydroxyl groups excluding tert-OH is 1. The second-order valence-corrected chi connectivity index (χ2v) is 11.4. The number of alkyl carbamates (subject to hydrolysis) is 1. The number of fused-ring (bicyclic) bond motifs is 1. The van der Waals surface area contributed by atoms with E-state index in [0.29, 0.717) is 36.0 Å². The zero-order valence-corrected chi connectivity index (χ0v) is 25.6. The first-order chi connectivity index (χ1) is 22.6. The van der Waals surface area contributed by atoms with Gasteiger partial charge in [-0.15, -0.1) is 0 Å². The molecular weight excluding hydrogens is 582 g/mol. The molecule has 6 rings (SSSR count). The zero-order chi connectivity index (χ0) is 31.7. The molecule has 0 aliphatic carbocycles. The number of amides is 1. The minimum atomic E-state index is -0.388. The molecule has 3 heterocycles. The van der Waals surface area contributed by atoms with Crippen LogP contribution in [-0.4, -0.2) is 50.0 Å². The van der Waals surface area contributed by atoms with Gasteiger partial charge in [0.2, 0.25) is 5.95 Å². The van der Waals surface area contributed by atoms with Gasteiger partial charge in [-0.25, -0.2) is 19.7 Å². The smallest absolute Gasteiger partial charge is 0.407 e. The Morgan fingerprint density at radius 2 is 1.78 bits per heavy atom. The molecule has 11 nitrogen and oxygen atoms in total. The number of rotatable bonds is 13. The first-order valence-corrected chi connectivity index (χ1v) is 15.7. The summed E-state index contributed by atoms with van der Waals surface area (Å²) in [4.78, 5) is 25.2. The minimum absolute atomic E-state index is 0.0241. The van der Waals surface area contributed by atoms with E-state index in [1.54, 1.807) is 0 Å². The summed E-state index contributed by atoms with van der Waals surface area (Å²) in [5.41, 5.74) is 12.8. The van der Waals surface area contributed by atoms with Crippen molar-refractivity contribution >= 4 is 29.0 Å². The van der Waals surface area contributed by atoms with Crippen LogP contribution in [0, 0.1) is 0 Å². The zero-order valence-electron chi connectivity index (χ0n) is 25.6. The maximum atomic E-state index is 12.0. The van der Waals surface area contributed by atoms with Crippen LogP contribution < -0.4 is 16.4 Å². The Balaban J connectivity index is 1.01. The fraction of sp³-hybridized carbons (Fsp3) is 0.314. The quantitative estimate of drug-likeness (QED) is 0.123. The van der Waals surface area contributed by atoms with E-state index in [2.05, 4.69) is 69.1 Å².